The van der Waals surface area contributed by atoms with Gasteiger partial charge in [-0.15, -0.1) is 0 Å². The molecule has 3 aromatic rings. The Kier molecular flexibility index (Phi) is 4.05. The molecule has 21 heavy (non-hydrogen) atoms. The summed E-state index contributed by atoms with van der Waals surface area (Å²) in [7, 11) is 0. The number of hydrogen-bond acceptors (Lipinski definition) is 1. The molecule has 0 saturated heterocycles. The van der Waals surface area contributed by atoms with E-state index in [2.05, 4.69) is 61.3 Å². The molecular formula is C19H22N2. The Hall–Kier alpha value is -2.09. The lowest BCUT2D eigenvalue weighted by Crippen LogP contribution is -1.92. The average Bonchev–Trinajstić information content (AvgIpc) is 2.90. The van der Waals surface area contributed by atoms with Crippen molar-refractivity contribution >= 4 is 11.0 Å². The fourth-order valence-corrected chi connectivity index (χ4v) is 2.87. The van der Waals surface area contributed by atoms with E-state index in [9.17, 15) is 0 Å². The molecule has 3 rings (SSSR count). The normalized spacial score (nSPS) is 11.1. The SMILES string of the molecule is CCc1cccc2[nH]c(CCCc3cccc(C)c3)nc12. The number of aromatic nitrogens is 2. The number of aryl methyl sites for hydroxylation is 4. The molecule has 0 atom stereocenters. The molecule has 1 heterocycles. The van der Waals surface area contributed by atoms with E-state index in [0.717, 1.165) is 37.0 Å². The molecule has 0 bridgehead atoms. The largest absolute Gasteiger partial charge is 0.342 e. The van der Waals surface area contributed by atoms with Crippen LogP contribution in [0.15, 0.2) is 42.5 Å². The van der Waals surface area contributed by atoms with Gasteiger partial charge in [0.15, 0.2) is 0 Å². The van der Waals surface area contributed by atoms with Crippen molar-refractivity contribution in [1.82, 2.24) is 9.97 Å². The highest BCUT2D eigenvalue weighted by molar-refractivity contribution is 5.78. The van der Waals surface area contributed by atoms with E-state index < -0.39 is 0 Å². The van der Waals surface area contributed by atoms with E-state index in [1.807, 2.05) is 0 Å². The minimum absolute atomic E-state index is 1.01. The van der Waals surface area contributed by atoms with Crippen LogP contribution in [-0.4, -0.2) is 9.97 Å². The summed E-state index contributed by atoms with van der Waals surface area (Å²) in [4.78, 5) is 8.23. The van der Waals surface area contributed by atoms with Crippen LogP contribution in [0, 0.1) is 6.92 Å². The number of imidazole rings is 1. The Labute approximate surface area is 126 Å². The zero-order chi connectivity index (χ0) is 14.7. The van der Waals surface area contributed by atoms with Crippen LogP contribution in [-0.2, 0) is 19.3 Å². The molecule has 0 saturated carbocycles. The summed E-state index contributed by atoms with van der Waals surface area (Å²) in [6.07, 6.45) is 4.28. The number of nitrogens with one attached hydrogen (secondary N) is 1. The third-order valence-electron chi connectivity index (χ3n) is 3.99. The second kappa shape index (κ2) is 6.13. The third kappa shape index (κ3) is 3.15. The van der Waals surface area contributed by atoms with Crippen LogP contribution in [0.3, 0.4) is 0 Å². The average molecular weight is 278 g/mol. The summed E-state index contributed by atoms with van der Waals surface area (Å²) in [5, 5.41) is 0. The van der Waals surface area contributed by atoms with Crippen LogP contribution in [0.1, 0.15) is 35.9 Å². The number of aromatic amines is 1. The predicted octanol–water partition coefficient (Wildman–Crippen LogP) is 4.61. The van der Waals surface area contributed by atoms with E-state index >= 15 is 0 Å². The molecule has 0 aliphatic rings. The van der Waals surface area contributed by atoms with Gasteiger partial charge in [-0.1, -0.05) is 48.9 Å². The lowest BCUT2D eigenvalue weighted by atomic mass is 10.1. The van der Waals surface area contributed by atoms with Crippen LogP contribution in [0.25, 0.3) is 11.0 Å². The molecule has 0 amide bonds. The molecule has 0 aliphatic heterocycles. The number of hydrogen-bond donors (Lipinski definition) is 1. The minimum atomic E-state index is 1.01. The van der Waals surface area contributed by atoms with E-state index in [0.29, 0.717) is 0 Å². The molecular weight excluding hydrogens is 256 g/mol. The number of fused-ring (bicyclic) bond motifs is 1. The highest BCUT2D eigenvalue weighted by atomic mass is 14.9. The number of H-pyrrole nitrogens is 1. The van der Waals surface area contributed by atoms with Gasteiger partial charge >= 0.3 is 0 Å². The summed E-state index contributed by atoms with van der Waals surface area (Å²) in [6.45, 7) is 4.33. The first kappa shape index (κ1) is 13.9. The molecule has 0 spiro atoms. The van der Waals surface area contributed by atoms with Gasteiger partial charge in [0.1, 0.15) is 5.82 Å². The van der Waals surface area contributed by atoms with Crippen molar-refractivity contribution in [2.24, 2.45) is 0 Å². The highest BCUT2D eigenvalue weighted by Gasteiger charge is 2.06. The summed E-state index contributed by atoms with van der Waals surface area (Å²) in [5.41, 5.74) is 6.39. The predicted molar refractivity (Wildman–Crippen MR) is 88.7 cm³/mol. The number of benzene rings is 2. The Morgan fingerprint density at radius 3 is 2.71 bits per heavy atom. The first-order chi connectivity index (χ1) is 10.3. The van der Waals surface area contributed by atoms with Crippen molar-refractivity contribution in [3.8, 4) is 0 Å². The Balaban J connectivity index is 1.68. The molecule has 0 aliphatic carbocycles. The van der Waals surface area contributed by atoms with Crippen LogP contribution < -0.4 is 0 Å². The number of para-hydroxylation sites is 1. The molecule has 0 fully saturated rings. The van der Waals surface area contributed by atoms with Crippen LogP contribution in [0.5, 0.6) is 0 Å². The summed E-state index contributed by atoms with van der Waals surface area (Å²) >= 11 is 0. The summed E-state index contributed by atoms with van der Waals surface area (Å²) in [6, 6.07) is 15.2. The van der Waals surface area contributed by atoms with E-state index in [-0.39, 0.29) is 0 Å². The van der Waals surface area contributed by atoms with Gasteiger partial charge in [0, 0.05) is 6.42 Å². The molecule has 0 radical (unpaired) electrons. The molecule has 2 nitrogen and oxygen atoms in total. The topological polar surface area (TPSA) is 28.7 Å². The lowest BCUT2D eigenvalue weighted by molar-refractivity contribution is 0.785. The van der Waals surface area contributed by atoms with Crippen molar-refractivity contribution in [3.05, 3.63) is 65.0 Å². The molecule has 0 unspecified atom stereocenters. The summed E-state index contributed by atoms with van der Waals surface area (Å²) < 4.78 is 0. The number of nitrogens with zero attached hydrogens (tertiary/aromatic N) is 1. The standard InChI is InChI=1S/C19H22N2/c1-3-16-10-6-11-17-19(16)21-18(20-17)12-5-9-15-8-4-7-14(2)13-15/h4,6-8,10-11,13H,3,5,9,12H2,1-2H3,(H,20,21). The zero-order valence-corrected chi connectivity index (χ0v) is 12.8. The molecule has 108 valence electrons. The maximum absolute atomic E-state index is 4.78. The fraction of sp³-hybridized carbons (Fsp3) is 0.316. The van der Waals surface area contributed by atoms with E-state index in [1.54, 1.807) is 0 Å². The number of rotatable bonds is 5. The third-order valence-corrected chi connectivity index (χ3v) is 3.99. The fourth-order valence-electron chi connectivity index (χ4n) is 2.87. The van der Waals surface area contributed by atoms with Crippen LogP contribution >= 0.6 is 0 Å². The van der Waals surface area contributed by atoms with Crippen molar-refractivity contribution in [2.75, 3.05) is 0 Å². The van der Waals surface area contributed by atoms with E-state index in [4.69, 9.17) is 4.98 Å². The van der Waals surface area contributed by atoms with Crippen molar-refractivity contribution in [1.29, 1.82) is 0 Å². The van der Waals surface area contributed by atoms with Gasteiger partial charge in [0.2, 0.25) is 0 Å². The quantitative estimate of drug-likeness (QED) is 0.725. The van der Waals surface area contributed by atoms with Gasteiger partial charge in [-0.3, -0.25) is 0 Å². The molecule has 2 aromatic carbocycles. The van der Waals surface area contributed by atoms with Crippen LogP contribution in [0.4, 0.5) is 0 Å². The first-order valence-electron chi connectivity index (χ1n) is 7.78. The first-order valence-corrected chi connectivity index (χ1v) is 7.78. The van der Waals surface area contributed by atoms with Gasteiger partial charge in [-0.05, 0) is 43.4 Å². The van der Waals surface area contributed by atoms with Crippen molar-refractivity contribution in [2.45, 2.75) is 39.5 Å². The minimum Gasteiger partial charge on any atom is -0.342 e. The maximum Gasteiger partial charge on any atom is 0.107 e. The van der Waals surface area contributed by atoms with Crippen molar-refractivity contribution < 1.29 is 0 Å². The highest BCUT2D eigenvalue weighted by Crippen LogP contribution is 2.18. The van der Waals surface area contributed by atoms with Gasteiger partial charge in [-0.25, -0.2) is 4.98 Å². The van der Waals surface area contributed by atoms with Crippen molar-refractivity contribution in [3.63, 3.8) is 0 Å². The second-order valence-electron chi connectivity index (χ2n) is 5.69. The molecule has 1 N–H and O–H groups in total. The smallest absolute Gasteiger partial charge is 0.107 e. The monoisotopic (exact) mass is 278 g/mol. The van der Waals surface area contributed by atoms with Gasteiger partial charge < -0.3 is 4.98 Å². The maximum atomic E-state index is 4.78. The van der Waals surface area contributed by atoms with Gasteiger partial charge in [0.05, 0.1) is 11.0 Å². The molecule has 2 heteroatoms. The Morgan fingerprint density at radius 1 is 1.05 bits per heavy atom. The Bertz CT molecular complexity index is 740. The molecule has 1 aromatic heterocycles. The zero-order valence-electron chi connectivity index (χ0n) is 12.8. The van der Waals surface area contributed by atoms with E-state index in [1.165, 1.54) is 22.2 Å². The Morgan fingerprint density at radius 2 is 1.90 bits per heavy atom. The van der Waals surface area contributed by atoms with Gasteiger partial charge in [-0.2, -0.15) is 0 Å². The lowest BCUT2D eigenvalue weighted by Gasteiger charge is -2.01. The second-order valence-corrected chi connectivity index (χ2v) is 5.69. The van der Waals surface area contributed by atoms with Crippen LogP contribution in [0.2, 0.25) is 0 Å². The van der Waals surface area contributed by atoms with Gasteiger partial charge in [0.25, 0.3) is 0 Å². The summed E-state index contributed by atoms with van der Waals surface area (Å²) in [5.74, 6) is 1.11.